The Labute approximate surface area is 843 Å². The Morgan fingerprint density at radius 1 is 0.328 bits per heavy atom. The first kappa shape index (κ1) is 105. The minimum atomic E-state index is -0.125. The number of carbonyl (C=O) groups excluding carboxylic acids is 1. The summed E-state index contributed by atoms with van der Waals surface area (Å²) in [7, 11) is 0. The number of aliphatic hydroxyl groups is 1. The fourth-order valence-electron chi connectivity index (χ4n) is 14.5. The van der Waals surface area contributed by atoms with Crippen molar-refractivity contribution in [3.05, 3.63) is 471 Å². The van der Waals surface area contributed by atoms with E-state index in [4.69, 9.17) is 13.9 Å². The van der Waals surface area contributed by atoms with E-state index in [0.29, 0.717) is 11.8 Å². The van der Waals surface area contributed by atoms with Crippen molar-refractivity contribution in [3.8, 4) is 101 Å². The zero-order chi connectivity index (χ0) is 90.8. The standard InChI is InChI=1S/2C21H18NO.C20H16.C18H14N.2C12H10N.C11H8N.C5H8O2.4Ir/c2*1-14(2)13-15-7-5-8-16-17-9-6-10-18(21(17)23-20(15)16)19-11-3-4-12-22-19;1-2-16-15-19(17-9-5-3-6-10-17)13-14-20(16)18-11-7-4-8-12-18;1-14-10-11-18(19-13-14)17-9-5-8-16(12-17)15-6-3-2-4-7-15;2*1-10-7-8-12(13-9-10)11-5-3-2-4-6-11;1-2-6-10(7-3-1)11-8-4-5-9-12-11;1-4(6)3-5(2)7;;;;/h2*3-9,11-12,14H,13H2,1-2H3;3-9,11-12,14-15H,2H2,1H3;2-8,10-13H,1H3;2*2-5,7-9H,1H3;1-6,8-9H;3,6H,1-2H3;;;;/q2*-1;-2;4*-1;;;;;. The first-order valence-electron chi connectivity index (χ1n) is 43.7. The van der Waals surface area contributed by atoms with Gasteiger partial charge in [-0.15, -0.1) is 197 Å². The van der Waals surface area contributed by atoms with Crippen molar-refractivity contribution in [1.82, 2.24) is 29.9 Å². The molecule has 20 aromatic rings. The minimum Gasteiger partial charge on any atom is -0.512 e. The summed E-state index contributed by atoms with van der Waals surface area (Å²) in [6.45, 7) is 20.1. The molecule has 0 aliphatic carbocycles. The van der Waals surface area contributed by atoms with Gasteiger partial charge in [-0.25, -0.2) is 11.1 Å². The summed E-state index contributed by atoms with van der Waals surface area (Å²) in [5.41, 5.74) is 30.0. The smallest absolute Gasteiger partial charge is 0.155 e. The predicted molar refractivity (Wildman–Crippen MR) is 534 cm³/mol. The van der Waals surface area contributed by atoms with Crippen LogP contribution in [0.25, 0.3) is 145 Å². The summed E-state index contributed by atoms with van der Waals surface area (Å²) >= 11 is 0. The maximum Gasteiger partial charge on any atom is 0.155 e. The van der Waals surface area contributed by atoms with Crippen LogP contribution in [0.1, 0.15) is 81.8 Å². The zero-order valence-corrected chi connectivity index (χ0v) is 85.9. The van der Waals surface area contributed by atoms with E-state index in [1.807, 2.05) is 233 Å². The van der Waals surface area contributed by atoms with Crippen LogP contribution in [0.2, 0.25) is 0 Å². The predicted octanol–water partition coefficient (Wildman–Crippen LogP) is 30.3. The number of nitrogens with zero attached hydrogens (tertiary/aromatic N) is 6. The molecule has 0 amide bonds. The fraction of sp³-hybridized carbons (Fsp3) is 0.125. The molecule has 20 rings (SSSR count). The third-order valence-electron chi connectivity index (χ3n) is 20.6. The van der Waals surface area contributed by atoms with Gasteiger partial charge in [0.25, 0.3) is 0 Å². The number of benzene rings is 12. The topological polar surface area (TPSA) is 141 Å². The Balaban J connectivity index is 0.000000175. The second kappa shape index (κ2) is 54.2. The Morgan fingerprint density at radius 2 is 0.701 bits per heavy atom. The first-order chi connectivity index (χ1) is 63.5. The summed E-state index contributed by atoms with van der Waals surface area (Å²) in [5, 5.41) is 13.0. The molecule has 134 heavy (non-hydrogen) atoms. The van der Waals surface area contributed by atoms with Crippen LogP contribution in [-0.2, 0) is 104 Å². The van der Waals surface area contributed by atoms with Crippen LogP contribution in [0.3, 0.4) is 0 Å². The van der Waals surface area contributed by atoms with E-state index >= 15 is 0 Å². The number of aromatic nitrogens is 6. The van der Waals surface area contributed by atoms with Crippen LogP contribution in [0.4, 0.5) is 0 Å². The van der Waals surface area contributed by atoms with E-state index in [2.05, 4.69) is 259 Å². The van der Waals surface area contributed by atoms with Crippen molar-refractivity contribution in [2.75, 3.05) is 0 Å². The van der Waals surface area contributed by atoms with E-state index in [0.717, 1.165) is 131 Å². The van der Waals surface area contributed by atoms with Crippen molar-refractivity contribution in [1.29, 1.82) is 0 Å². The normalized spacial score (nSPS) is 10.4. The molecule has 680 valence electrons. The number of ketones is 1. The molecule has 12 aromatic carbocycles. The Hall–Kier alpha value is -13.1. The average molecular weight is 2460 g/mol. The summed E-state index contributed by atoms with van der Waals surface area (Å²) in [4.78, 5) is 36.2. The van der Waals surface area contributed by atoms with Gasteiger partial charge < -0.3 is 43.8 Å². The molecule has 0 saturated heterocycles. The fourth-order valence-corrected chi connectivity index (χ4v) is 14.5. The zero-order valence-electron chi connectivity index (χ0n) is 76.3. The third-order valence-corrected chi connectivity index (χ3v) is 20.6. The minimum absolute atomic E-state index is 0. The van der Waals surface area contributed by atoms with Crippen molar-refractivity contribution in [2.45, 2.75) is 88.5 Å². The molecule has 4 radical (unpaired) electrons. The van der Waals surface area contributed by atoms with Crippen LogP contribution >= 0.6 is 0 Å². The van der Waals surface area contributed by atoms with Gasteiger partial charge >= 0.3 is 0 Å². The van der Waals surface area contributed by atoms with Gasteiger partial charge in [-0.3, -0.25) is 4.79 Å². The second-order valence-corrected chi connectivity index (χ2v) is 31.8. The van der Waals surface area contributed by atoms with E-state index < -0.39 is 0 Å². The SMILES string of the molecule is CC(=O)C=C(C)O.CC(C)Cc1cccc2c1oc1c(-c3ccccn3)[c-]ccc12.CC(C)Cc1cccc2c1oc1c(-c3ccccn3)[c-]ccc12.CCc1cc(-c2[c-]cccc2)[c-]cc1-c1ccccc1.Cc1ccc(-c2[c-]ccc(-c3ccccc3)c2)nc1.Cc1ccc(-c2[c-]cccc2)nc1.Cc1ccc(-c2[c-]cccc2)nc1.[Ir].[Ir].[Ir].[Ir].[c-]1ccccc1-c1ccccn1. The second-order valence-electron chi connectivity index (χ2n) is 31.8. The molecule has 0 fully saturated rings. The summed E-state index contributed by atoms with van der Waals surface area (Å²) < 4.78 is 12.6. The van der Waals surface area contributed by atoms with Crippen molar-refractivity contribution < 1.29 is 99.2 Å². The van der Waals surface area contributed by atoms with E-state index in [1.54, 1.807) is 18.6 Å². The third kappa shape index (κ3) is 30.2. The van der Waals surface area contributed by atoms with Crippen molar-refractivity contribution in [3.63, 3.8) is 0 Å². The number of carbonyl (C=O) groups is 1. The number of hydrogen-bond acceptors (Lipinski definition) is 10. The number of furan rings is 2. The molecular formula is C120H102Ir4N6O4-8. The molecule has 8 aromatic heterocycles. The molecule has 0 aliphatic rings. The average Bonchev–Trinajstić information content (AvgIpc) is 1.61. The molecule has 0 saturated carbocycles. The van der Waals surface area contributed by atoms with Crippen LogP contribution in [0, 0.1) is 81.1 Å². The van der Waals surface area contributed by atoms with Gasteiger partial charge in [-0.2, -0.15) is 36.4 Å². The molecule has 10 nitrogen and oxygen atoms in total. The van der Waals surface area contributed by atoms with Crippen molar-refractivity contribution in [2.24, 2.45) is 11.8 Å². The number of aryl methyl sites for hydroxylation is 4. The van der Waals surface area contributed by atoms with Crippen LogP contribution in [0.5, 0.6) is 0 Å². The molecule has 0 aliphatic heterocycles. The number of para-hydroxylation sites is 2. The molecule has 1 N–H and O–H groups in total. The molecule has 0 atom stereocenters. The largest absolute Gasteiger partial charge is 0.512 e. The number of aliphatic hydroxyl groups excluding tert-OH is 1. The van der Waals surface area contributed by atoms with E-state index in [1.165, 1.54) is 86.3 Å². The maximum atomic E-state index is 10.0. The molecule has 0 spiro atoms. The van der Waals surface area contributed by atoms with Gasteiger partial charge in [0, 0.05) is 134 Å². The Kier molecular flexibility index (Phi) is 42.3. The molecule has 14 heteroatoms. The monoisotopic (exact) mass is 2460 g/mol. The molecular weight excluding hydrogens is 2360 g/mol. The number of hydrogen-bond donors (Lipinski definition) is 1. The Bertz CT molecular complexity index is 6640. The molecule has 8 heterocycles. The quantitative estimate of drug-likeness (QED) is 0.0599. The van der Waals surface area contributed by atoms with Gasteiger partial charge in [0.05, 0.1) is 16.9 Å². The van der Waals surface area contributed by atoms with Crippen LogP contribution < -0.4 is 0 Å². The summed E-state index contributed by atoms with van der Waals surface area (Å²) in [6.07, 6.45) is 15.2. The van der Waals surface area contributed by atoms with E-state index in [9.17, 15) is 4.79 Å². The van der Waals surface area contributed by atoms with Crippen LogP contribution in [0.15, 0.2) is 398 Å². The van der Waals surface area contributed by atoms with Crippen molar-refractivity contribution >= 4 is 49.7 Å². The molecule has 0 unspecified atom stereocenters. The van der Waals surface area contributed by atoms with Gasteiger partial charge in [-0.05, 0) is 151 Å². The summed E-state index contributed by atoms with van der Waals surface area (Å²) in [5.74, 6) is 1.12. The summed E-state index contributed by atoms with van der Waals surface area (Å²) in [6, 6.07) is 140. The van der Waals surface area contributed by atoms with Gasteiger partial charge in [0.15, 0.2) is 5.78 Å². The number of rotatable bonds is 15. The number of fused-ring (bicyclic) bond motifs is 6. The molecule has 0 bridgehead atoms. The van der Waals surface area contributed by atoms with Gasteiger partial charge in [-0.1, -0.05) is 238 Å². The van der Waals surface area contributed by atoms with Gasteiger partial charge in [0.1, 0.15) is 11.2 Å². The number of pyridine rings is 6. The number of allylic oxidation sites excluding steroid dienone is 2. The van der Waals surface area contributed by atoms with Gasteiger partial charge in [0.2, 0.25) is 0 Å². The van der Waals surface area contributed by atoms with E-state index in [-0.39, 0.29) is 92.0 Å². The maximum absolute atomic E-state index is 10.0. The Morgan fingerprint density at radius 3 is 1.07 bits per heavy atom. The first-order valence-corrected chi connectivity index (χ1v) is 43.7. The van der Waals surface area contributed by atoms with Crippen LogP contribution in [-0.4, -0.2) is 40.8 Å².